The van der Waals surface area contributed by atoms with E-state index in [9.17, 15) is 14.3 Å². The summed E-state index contributed by atoms with van der Waals surface area (Å²) in [4.78, 5) is 12.2. The number of halogens is 1. The number of rotatable bonds is 5. The molecule has 3 nitrogen and oxygen atoms in total. The van der Waals surface area contributed by atoms with Gasteiger partial charge in [-0.2, -0.15) is 0 Å². The van der Waals surface area contributed by atoms with Crippen LogP contribution >= 0.6 is 0 Å². The summed E-state index contributed by atoms with van der Waals surface area (Å²) >= 11 is 0. The second-order valence-electron chi connectivity index (χ2n) is 5.66. The van der Waals surface area contributed by atoms with Crippen molar-refractivity contribution >= 4 is 16.7 Å². The van der Waals surface area contributed by atoms with Crippen molar-refractivity contribution in [3.63, 3.8) is 0 Å². The molecular formula is C20H18FNO2. The first-order valence-corrected chi connectivity index (χ1v) is 7.81. The summed E-state index contributed by atoms with van der Waals surface area (Å²) in [7, 11) is 0. The average Bonchev–Trinajstić information content (AvgIpc) is 2.60. The van der Waals surface area contributed by atoms with Gasteiger partial charge in [-0.3, -0.25) is 4.79 Å². The zero-order valence-electron chi connectivity index (χ0n) is 13.1. The van der Waals surface area contributed by atoms with Crippen LogP contribution in [0.3, 0.4) is 0 Å². The molecule has 1 atom stereocenters. The van der Waals surface area contributed by atoms with E-state index in [2.05, 4.69) is 5.32 Å². The predicted molar refractivity (Wildman–Crippen MR) is 92.0 cm³/mol. The molecule has 0 aliphatic carbocycles. The Morgan fingerprint density at radius 3 is 2.54 bits per heavy atom. The first-order chi connectivity index (χ1) is 11.6. The number of nitrogens with one attached hydrogen (secondary N) is 1. The summed E-state index contributed by atoms with van der Waals surface area (Å²) in [6.07, 6.45) is -0.853. The molecule has 0 saturated carbocycles. The molecule has 0 spiro atoms. The second-order valence-corrected chi connectivity index (χ2v) is 5.66. The van der Waals surface area contributed by atoms with Crippen LogP contribution in [0.25, 0.3) is 10.8 Å². The number of benzene rings is 3. The maximum atomic E-state index is 13.6. The minimum Gasteiger partial charge on any atom is -0.386 e. The molecule has 1 amide bonds. The van der Waals surface area contributed by atoms with E-state index in [0.717, 1.165) is 16.3 Å². The molecule has 3 aromatic carbocycles. The van der Waals surface area contributed by atoms with E-state index in [4.69, 9.17) is 0 Å². The lowest BCUT2D eigenvalue weighted by Crippen LogP contribution is -2.30. The SMILES string of the molecule is O=C(Cc1cccc2ccccc12)NCC(O)c1ccccc1F. The first-order valence-electron chi connectivity index (χ1n) is 7.81. The Kier molecular flexibility index (Phi) is 4.87. The van der Waals surface area contributed by atoms with Crippen LogP contribution in [-0.4, -0.2) is 17.6 Å². The van der Waals surface area contributed by atoms with Crippen LogP contribution in [0.1, 0.15) is 17.2 Å². The Bertz CT molecular complexity index is 858. The fraction of sp³-hybridized carbons (Fsp3) is 0.150. The molecule has 0 bridgehead atoms. The van der Waals surface area contributed by atoms with Gasteiger partial charge in [0.25, 0.3) is 0 Å². The summed E-state index contributed by atoms with van der Waals surface area (Å²) in [5.74, 6) is -0.685. The molecule has 122 valence electrons. The Morgan fingerprint density at radius 2 is 1.71 bits per heavy atom. The quantitative estimate of drug-likeness (QED) is 0.756. The van der Waals surface area contributed by atoms with Crippen LogP contribution < -0.4 is 5.32 Å². The van der Waals surface area contributed by atoms with Gasteiger partial charge in [-0.25, -0.2) is 4.39 Å². The predicted octanol–water partition coefficient (Wildman–Crippen LogP) is 3.37. The molecule has 0 aliphatic heterocycles. The number of hydrogen-bond acceptors (Lipinski definition) is 2. The number of amides is 1. The number of aliphatic hydroxyl groups is 1. The van der Waals surface area contributed by atoms with Crippen molar-refractivity contribution in [2.24, 2.45) is 0 Å². The third-order valence-corrected chi connectivity index (χ3v) is 3.99. The summed E-state index contributed by atoms with van der Waals surface area (Å²) < 4.78 is 13.6. The molecule has 2 N–H and O–H groups in total. The van der Waals surface area contributed by atoms with Crippen LogP contribution in [0, 0.1) is 5.82 Å². The van der Waals surface area contributed by atoms with E-state index >= 15 is 0 Å². The Hall–Kier alpha value is -2.72. The lowest BCUT2D eigenvalue weighted by molar-refractivity contribution is -0.120. The van der Waals surface area contributed by atoms with Crippen LogP contribution in [-0.2, 0) is 11.2 Å². The largest absolute Gasteiger partial charge is 0.386 e. The van der Waals surface area contributed by atoms with Crippen molar-refractivity contribution in [3.05, 3.63) is 83.7 Å². The van der Waals surface area contributed by atoms with Crippen LogP contribution in [0.15, 0.2) is 66.7 Å². The van der Waals surface area contributed by atoms with Crippen molar-refractivity contribution in [1.82, 2.24) is 5.32 Å². The molecule has 24 heavy (non-hydrogen) atoms. The molecule has 3 aromatic rings. The van der Waals surface area contributed by atoms with Crippen molar-refractivity contribution in [1.29, 1.82) is 0 Å². The number of carbonyl (C=O) groups is 1. The van der Waals surface area contributed by atoms with Gasteiger partial charge in [-0.05, 0) is 22.4 Å². The second kappa shape index (κ2) is 7.23. The number of hydrogen-bond donors (Lipinski definition) is 2. The molecule has 0 aromatic heterocycles. The van der Waals surface area contributed by atoms with E-state index in [1.165, 1.54) is 12.1 Å². The maximum absolute atomic E-state index is 13.6. The average molecular weight is 323 g/mol. The van der Waals surface area contributed by atoms with E-state index in [0.29, 0.717) is 0 Å². The molecule has 0 radical (unpaired) electrons. The van der Waals surface area contributed by atoms with Crippen LogP contribution in [0.5, 0.6) is 0 Å². The zero-order chi connectivity index (χ0) is 16.9. The van der Waals surface area contributed by atoms with Crippen molar-refractivity contribution in [2.45, 2.75) is 12.5 Å². The highest BCUT2D eigenvalue weighted by Crippen LogP contribution is 2.19. The monoisotopic (exact) mass is 323 g/mol. The fourth-order valence-corrected chi connectivity index (χ4v) is 2.75. The summed E-state index contributed by atoms with van der Waals surface area (Å²) in [5.41, 5.74) is 1.11. The lowest BCUT2D eigenvalue weighted by Gasteiger charge is -2.13. The van der Waals surface area contributed by atoms with Gasteiger partial charge in [0.2, 0.25) is 5.91 Å². The van der Waals surface area contributed by atoms with Gasteiger partial charge in [0.15, 0.2) is 0 Å². The van der Waals surface area contributed by atoms with Gasteiger partial charge in [0, 0.05) is 12.1 Å². The highest BCUT2D eigenvalue weighted by molar-refractivity contribution is 5.90. The number of aliphatic hydroxyl groups excluding tert-OH is 1. The fourth-order valence-electron chi connectivity index (χ4n) is 2.75. The minimum atomic E-state index is -1.07. The van der Waals surface area contributed by atoms with E-state index in [1.807, 2.05) is 42.5 Å². The topological polar surface area (TPSA) is 49.3 Å². The Labute approximate surface area is 139 Å². The smallest absolute Gasteiger partial charge is 0.224 e. The van der Waals surface area contributed by atoms with Crippen molar-refractivity contribution in [2.75, 3.05) is 6.54 Å². The van der Waals surface area contributed by atoms with Gasteiger partial charge in [0.1, 0.15) is 5.82 Å². The normalized spacial score (nSPS) is 12.1. The van der Waals surface area contributed by atoms with E-state index in [-0.39, 0.29) is 24.4 Å². The van der Waals surface area contributed by atoms with E-state index in [1.54, 1.807) is 12.1 Å². The molecule has 1 unspecified atom stereocenters. The molecule has 0 fully saturated rings. The minimum absolute atomic E-state index is 0.0233. The lowest BCUT2D eigenvalue weighted by atomic mass is 10.0. The van der Waals surface area contributed by atoms with Gasteiger partial charge in [0.05, 0.1) is 12.5 Å². The van der Waals surface area contributed by atoms with Gasteiger partial charge in [-0.1, -0.05) is 60.7 Å². The number of carbonyl (C=O) groups excluding carboxylic acids is 1. The third-order valence-electron chi connectivity index (χ3n) is 3.99. The van der Waals surface area contributed by atoms with Gasteiger partial charge < -0.3 is 10.4 Å². The van der Waals surface area contributed by atoms with E-state index < -0.39 is 11.9 Å². The summed E-state index contributed by atoms with van der Waals surface area (Å²) in [6.45, 7) is -0.0233. The highest BCUT2D eigenvalue weighted by atomic mass is 19.1. The first kappa shape index (κ1) is 16.1. The Morgan fingerprint density at radius 1 is 1.00 bits per heavy atom. The van der Waals surface area contributed by atoms with Crippen molar-refractivity contribution in [3.8, 4) is 0 Å². The molecule has 0 heterocycles. The zero-order valence-corrected chi connectivity index (χ0v) is 13.1. The standard InChI is InChI=1S/C20H18FNO2/c21-18-11-4-3-10-17(18)19(23)13-22-20(24)12-15-8-5-7-14-6-1-2-9-16(14)15/h1-11,19,23H,12-13H2,(H,22,24). The molecular weight excluding hydrogens is 305 g/mol. The number of fused-ring (bicyclic) bond motifs is 1. The summed E-state index contributed by atoms with van der Waals surface area (Å²) in [6, 6.07) is 19.7. The van der Waals surface area contributed by atoms with Crippen molar-refractivity contribution < 1.29 is 14.3 Å². The molecule has 4 heteroatoms. The third kappa shape index (κ3) is 3.60. The molecule has 0 saturated heterocycles. The molecule has 3 rings (SSSR count). The van der Waals surface area contributed by atoms with Gasteiger partial charge in [-0.15, -0.1) is 0 Å². The van der Waals surface area contributed by atoms with Crippen LogP contribution in [0.4, 0.5) is 4.39 Å². The maximum Gasteiger partial charge on any atom is 0.224 e. The molecule has 0 aliphatic rings. The summed E-state index contributed by atoms with van der Waals surface area (Å²) in [5, 5.41) is 14.8. The van der Waals surface area contributed by atoms with Gasteiger partial charge >= 0.3 is 0 Å². The van der Waals surface area contributed by atoms with Crippen LogP contribution in [0.2, 0.25) is 0 Å². The Balaban J connectivity index is 1.64. The highest BCUT2D eigenvalue weighted by Gasteiger charge is 2.14.